The summed E-state index contributed by atoms with van der Waals surface area (Å²) in [4.78, 5) is 16.4. The third-order valence-electron chi connectivity index (χ3n) is 3.83. The highest BCUT2D eigenvalue weighted by molar-refractivity contribution is 9.10. The van der Waals surface area contributed by atoms with Crippen molar-refractivity contribution in [3.63, 3.8) is 0 Å². The first-order valence-electron chi connectivity index (χ1n) is 7.17. The number of amides is 1. The van der Waals surface area contributed by atoms with Crippen LogP contribution in [0.4, 0.5) is 0 Å². The predicted octanol–water partition coefficient (Wildman–Crippen LogP) is 3.31. The van der Waals surface area contributed by atoms with Crippen molar-refractivity contribution < 1.29 is 4.79 Å². The smallest absolute Gasteiger partial charge is 0.223 e. The SMILES string of the molecule is O=C(NCCc1ccccn1)[C@@H]1C[C@H]1c1ccc(Br)cc1. The van der Waals surface area contributed by atoms with E-state index in [-0.39, 0.29) is 11.8 Å². The van der Waals surface area contributed by atoms with Gasteiger partial charge in [-0.1, -0.05) is 34.1 Å². The van der Waals surface area contributed by atoms with Crippen molar-refractivity contribution in [3.05, 3.63) is 64.4 Å². The van der Waals surface area contributed by atoms with Crippen LogP contribution in [0.3, 0.4) is 0 Å². The van der Waals surface area contributed by atoms with Crippen molar-refractivity contribution in [1.29, 1.82) is 0 Å². The summed E-state index contributed by atoms with van der Waals surface area (Å²) in [6, 6.07) is 14.1. The summed E-state index contributed by atoms with van der Waals surface area (Å²) in [5.41, 5.74) is 2.26. The van der Waals surface area contributed by atoms with Gasteiger partial charge in [0, 0.05) is 35.2 Å². The van der Waals surface area contributed by atoms with E-state index in [2.05, 4.69) is 38.4 Å². The Bertz CT molecular complexity index is 612. The average molecular weight is 345 g/mol. The van der Waals surface area contributed by atoms with Crippen LogP contribution in [0.1, 0.15) is 23.6 Å². The maximum atomic E-state index is 12.1. The Morgan fingerprint density at radius 3 is 2.76 bits per heavy atom. The van der Waals surface area contributed by atoms with Gasteiger partial charge in [-0.15, -0.1) is 0 Å². The van der Waals surface area contributed by atoms with Crippen LogP contribution in [0.25, 0.3) is 0 Å². The molecule has 1 aromatic heterocycles. The van der Waals surface area contributed by atoms with Gasteiger partial charge in [0.2, 0.25) is 5.91 Å². The molecule has 4 heteroatoms. The molecule has 1 heterocycles. The van der Waals surface area contributed by atoms with Crippen LogP contribution in [0.15, 0.2) is 53.1 Å². The van der Waals surface area contributed by atoms with Crippen molar-refractivity contribution in [2.45, 2.75) is 18.8 Å². The van der Waals surface area contributed by atoms with E-state index in [0.29, 0.717) is 12.5 Å². The molecule has 2 aromatic rings. The maximum Gasteiger partial charge on any atom is 0.223 e. The number of carbonyl (C=O) groups is 1. The van der Waals surface area contributed by atoms with Gasteiger partial charge >= 0.3 is 0 Å². The summed E-state index contributed by atoms with van der Waals surface area (Å²) < 4.78 is 1.07. The molecule has 3 rings (SSSR count). The van der Waals surface area contributed by atoms with Crippen LogP contribution in [-0.2, 0) is 11.2 Å². The molecule has 21 heavy (non-hydrogen) atoms. The molecule has 1 aromatic carbocycles. The van der Waals surface area contributed by atoms with Gasteiger partial charge in [-0.2, -0.15) is 0 Å². The normalized spacial score (nSPS) is 20.0. The summed E-state index contributed by atoms with van der Waals surface area (Å²) in [7, 11) is 0. The van der Waals surface area contributed by atoms with Crippen LogP contribution >= 0.6 is 15.9 Å². The van der Waals surface area contributed by atoms with Gasteiger partial charge in [0.05, 0.1) is 0 Å². The average Bonchev–Trinajstić information content (AvgIpc) is 3.30. The van der Waals surface area contributed by atoms with Crippen molar-refractivity contribution in [2.24, 2.45) is 5.92 Å². The van der Waals surface area contributed by atoms with Gasteiger partial charge in [-0.05, 0) is 42.2 Å². The van der Waals surface area contributed by atoms with Crippen molar-refractivity contribution in [2.75, 3.05) is 6.54 Å². The van der Waals surface area contributed by atoms with E-state index in [1.807, 2.05) is 30.3 Å². The first-order chi connectivity index (χ1) is 10.2. The first-order valence-corrected chi connectivity index (χ1v) is 7.96. The lowest BCUT2D eigenvalue weighted by atomic mass is 10.1. The zero-order valence-electron chi connectivity index (χ0n) is 11.6. The molecule has 108 valence electrons. The zero-order chi connectivity index (χ0) is 14.7. The summed E-state index contributed by atoms with van der Waals surface area (Å²) in [6.07, 6.45) is 3.51. The van der Waals surface area contributed by atoms with E-state index < -0.39 is 0 Å². The second kappa shape index (κ2) is 6.39. The maximum absolute atomic E-state index is 12.1. The third kappa shape index (κ3) is 3.70. The van der Waals surface area contributed by atoms with E-state index in [1.165, 1.54) is 5.56 Å². The number of rotatable bonds is 5. The molecule has 3 nitrogen and oxygen atoms in total. The molecule has 1 N–H and O–H groups in total. The number of hydrogen-bond donors (Lipinski definition) is 1. The highest BCUT2D eigenvalue weighted by Crippen LogP contribution is 2.47. The largest absolute Gasteiger partial charge is 0.355 e. The Morgan fingerprint density at radius 1 is 1.24 bits per heavy atom. The Balaban J connectivity index is 1.46. The van der Waals surface area contributed by atoms with Crippen LogP contribution in [-0.4, -0.2) is 17.4 Å². The third-order valence-corrected chi connectivity index (χ3v) is 4.36. The number of nitrogens with zero attached hydrogens (tertiary/aromatic N) is 1. The quantitative estimate of drug-likeness (QED) is 0.903. The van der Waals surface area contributed by atoms with Crippen LogP contribution < -0.4 is 5.32 Å². The van der Waals surface area contributed by atoms with E-state index in [1.54, 1.807) is 6.20 Å². The van der Waals surface area contributed by atoms with E-state index in [9.17, 15) is 4.79 Å². The van der Waals surface area contributed by atoms with Gasteiger partial charge in [0.25, 0.3) is 0 Å². The molecule has 1 aliphatic carbocycles. The lowest BCUT2D eigenvalue weighted by Gasteiger charge is -2.05. The minimum atomic E-state index is 0.134. The molecule has 0 saturated heterocycles. The molecule has 1 amide bonds. The topological polar surface area (TPSA) is 42.0 Å². The Kier molecular flexibility index (Phi) is 4.34. The fraction of sp³-hybridized carbons (Fsp3) is 0.294. The van der Waals surface area contributed by atoms with E-state index >= 15 is 0 Å². The number of carbonyl (C=O) groups excluding carboxylic acids is 1. The standard InChI is InChI=1S/C17H17BrN2O/c18-13-6-4-12(5-7-13)15-11-16(15)17(21)20-10-8-14-3-1-2-9-19-14/h1-7,9,15-16H,8,10-11H2,(H,20,21)/t15-,16+/m0/s1. The Hall–Kier alpha value is -1.68. The number of aromatic nitrogens is 1. The van der Waals surface area contributed by atoms with Crippen LogP contribution in [0.5, 0.6) is 0 Å². The minimum Gasteiger partial charge on any atom is -0.355 e. The van der Waals surface area contributed by atoms with Gasteiger partial charge in [-0.3, -0.25) is 9.78 Å². The highest BCUT2D eigenvalue weighted by Gasteiger charge is 2.43. The van der Waals surface area contributed by atoms with Gasteiger partial charge in [0.15, 0.2) is 0 Å². The summed E-state index contributed by atoms with van der Waals surface area (Å²) in [6.45, 7) is 0.652. The van der Waals surface area contributed by atoms with E-state index in [0.717, 1.165) is 23.0 Å². The Morgan fingerprint density at radius 2 is 2.05 bits per heavy atom. The molecule has 1 fully saturated rings. The van der Waals surface area contributed by atoms with Crippen molar-refractivity contribution >= 4 is 21.8 Å². The lowest BCUT2D eigenvalue weighted by Crippen LogP contribution is -2.27. The number of nitrogens with one attached hydrogen (secondary N) is 1. The molecule has 0 aliphatic heterocycles. The lowest BCUT2D eigenvalue weighted by molar-refractivity contribution is -0.122. The monoisotopic (exact) mass is 344 g/mol. The second-order valence-corrected chi connectivity index (χ2v) is 6.28. The molecule has 0 bridgehead atoms. The fourth-order valence-electron chi connectivity index (χ4n) is 2.55. The highest BCUT2D eigenvalue weighted by atomic mass is 79.9. The number of pyridine rings is 1. The van der Waals surface area contributed by atoms with Crippen molar-refractivity contribution in [3.8, 4) is 0 Å². The fourth-order valence-corrected chi connectivity index (χ4v) is 2.82. The molecule has 0 spiro atoms. The zero-order valence-corrected chi connectivity index (χ0v) is 13.2. The van der Waals surface area contributed by atoms with Gasteiger partial charge in [0.1, 0.15) is 0 Å². The van der Waals surface area contributed by atoms with Gasteiger partial charge in [-0.25, -0.2) is 0 Å². The molecule has 2 atom stereocenters. The van der Waals surface area contributed by atoms with E-state index in [4.69, 9.17) is 0 Å². The van der Waals surface area contributed by atoms with Gasteiger partial charge < -0.3 is 5.32 Å². The molecule has 1 saturated carbocycles. The van der Waals surface area contributed by atoms with Crippen LogP contribution in [0.2, 0.25) is 0 Å². The molecule has 0 unspecified atom stereocenters. The number of benzene rings is 1. The minimum absolute atomic E-state index is 0.134. The predicted molar refractivity (Wildman–Crippen MR) is 85.9 cm³/mol. The number of halogens is 1. The molecular formula is C17H17BrN2O. The molecule has 1 aliphatic rings. The number of hydrogen-bond acceptors (Lipinski definition) is 2. The van der Waals surface area contributed by atoms with Crippen LogP contribution in [0, 0.1) is 5.92 Å². The molecule has 0 radical (unpaired) electrons. The summed E-state index contributed by atoms with van der Waals surface area (Å²) in [5.74, 6) is 0.682. The van der Waals surface area contributed by atoms with Crippen molar-refractivity contribution in [1.82, 2.24) is 10.3 Å². The Labute approximate surface area is 132 Å². The second-order valence-electron chi connectivity index (χ2n) is 5.36. The molecular weight excluding hydrogens is 328 g/mol. The first kappa shape index (κ1) is 14.3. The summed E-state index contributed by atoms with van der Waals surface area (Å²) in [5, 5.41) is 3.02. The summed E-state index contributed by atoms with van der Waals surface area (Å²) >= 11 is 3.43.